The number of benzene rings is 1. The summed E-state index contributed by atoms with van der Waals surface area (Å²) in [5, 5.41) is 0. The average molecular weight is 260 g/mol. The van der Waals surface area contributed by atoms with Gasteiger partial charge in [0, 0.05) is 5.56 Å². The van der Waals surface area contributed by atoms with Crippen LogP contribution in [0.2, 0.25) is 0 Å². The summed E-state index contributed by atoms with van der Waals surface area (Å²) < 4.78 is 10.8. The van der Waals surface area contributed by atoms with E-state index < -0.39 is 5.97 Å². The second-order valence-corrected chi connectivity index (χ2v) is 5.64. The van der Waals surface area contributed by atoms with Crippen LogP contribution in [-0.2, 0) is 21.4 Å². The van der Waals surface area contributed by atoms with Gasteiger partial charge in [0.25, 0.3) is 0 Å². The second kappa shape index (κ2) is 5.08. The molecule has 0 saturated carbocycles. The number of allylic oxidation sites excluding steroid dienone is 1. The highest BCUT2D eigenvalue weighted by atomic mass is 16.6. The van der Waals surface area contributed by atoms with Crippen LogP contribution >= 0.6 is 0 Å². The van der Waals surface area contributed by atoms with Crippen molar-refractivity contribution >= 4 is 5.97 Å². The quantitative estimate of drug-likeness (QED) is 0.765. The van der Waals surface area contributed by atoms with Crippen LogP contribution in [-0.4, -0.2) is 12.6 Å². The minimum Gasteiger partial charge on any atom is -0.460 e. The van der Waals surface area contributed by atoms with Gasteiger partial charge in [-0.3, -0.25) is 0 Å². The summed E-state index contributed by atoms with van der Waals surface area (Å²) in [6, 6.07) is 6.11. The molecule has 2 rings (SSSR count). The molecule has 1 heterocycles. The Hall–Kier alpha value is -1.77. The number of hydrogen-bond donors (Lipinski definition) is 0. The standard InChI is InChI=1S/C16H20O3/c1-5-18-15(17)13-10-9-11-7-6-8-12(14(11)19-13)16(2,3)4/h6-8,10H,5,9H2,1-4H3. The van der Waals surface area contributed by atoms with Crippen molar-refractivity contribution in [3.05, 3.63) is 41.2 Å². The molecule has 0 atom stereocenters. The van der Waals surface area contributed by atoms with Gasteiger partial charge in [0.2, 0.25) is 5.76 Å². The van der Waals surface area contributed by atoms with Gasteiger partial charge in [-0.1, -0.05) is 39.0 Å². The van der Waals surface area contributed by atoms with Crippen molar-refractivity contribution in [3.63, 3.8) is 0 Å². The van der Waals surface area contributed by atoms with Crippen LogP contribution in [0, 0.1) is 0 Å². The zero-order valence-corrected chi connectivity index (χ0v) is 11.9. The molecule has 0 saturated heterocycles. The molecule has 0 bridgehead atoms. The summed E-state index contributed by atoms with van der Waals surface area (Å²) in [5.74, 6) is 0.712. The molecular formula is C16H20O3. The molecule has 19 heavy (non-hydrogen) atoms. The third kappa shape index (κ3) is 2.80. The fraction of sp³-hybridized carbons (Fsp3) is 0.438. The van der Waals surface area contributed by atoms with Crippen molar-refractivity contribution in [2.45, 2.75) is 39.5 Å². The Balaban J connectivity index is 2.35. The average Bonchev–Trinajstić information content (AvgIpc) is 2.36. The van der Waals surface area contributed by atoms with E-state index in [-0.39, 0.29) is 5.41 Å². The van der Waals surface area contributed by atoms with E-state index in [1.807, 2.05) is 18.2 Å². The van der Waals surface area contributed by atoms with Gasteiger partial charge in [-0.25, -0.2) is 4.79 Å². The summed E-state index contributed by atoms with van der Waals surface area (Å²) in [6.45, 7) is 8.54. The lowest BCUT2D eigenvalue weighted by atomic mass is 9.84. The molecule has 0 amide bonds. The molecule has 3 heteroatoms. The highest BCUT2D eigenvalue weighted by Gasteiger charge is 2.26. The molecule has 0 N–H and O–H groups in total. The first kappa shape index (κ1) is 13.7. The van der Waals surface area contributed by atoms with Crippen molar-refractivity contribution in [1.29, 1.82) is 0 Å². The summed E-state index contributed by atoms with van der Waals surface area (Å²) in [7, 11) is 0. The highest BCUT2D eigenvalue weighted by molar-refractivity contribution is 5.87. The number of carbonyl (C=O) groups is 1. The monoisotopic (exact) mass is 260 g/mol. The van der Waals surface area contributed by atoms with E-state index in [9.17, 15) is 4.79 Å². The Kier molecular flexibility index (Phi) is 3.65. The maximum absolute atomic E-state index is 11.8. The predicted molar refractivity (Wildman–Crippen MR) is 74.2 cm³/mol. The minimum absolute atomic E-state index is 0.0253. The number of rotatable bonds is 2. The number of ether oxygens (including phenoxy) is 2. The number of fused-ring (bicyclic) bond motifs is 1. The molecule has 3 nitrogen and oxygen atoms in total. The minimum atomic E-state index is -0.392. The summed E-state index contributed by atoms with van der Waals surface area (Å²) in [4.78, 5) is 11.8. The van der Waals surface area contributed by atoms with Crippen LogP contribution in [0.3, 0.4) is 0 Å². The topological polar surface area (TPSA) is 35.5 Å². The normalized spacial score (nSPS) is 14.2. The fourth-order valence-corrected chi connectivity index (χ4v) is 2.14. The van der Waals surface area contributed by atoms with Gasteiger partial charge in [-0.05, 0) is 30.4 Å². The fourth-order valence-electron chi connectivity index (χ4n) is 2.14. The Morgan fingerprint density at radius 2 is 2.11 bits per heavy atom. The molecule has 1 aromatic rings. The van der Waals surface area contributed by atoms with E-state index in [1.54, 1.807) is 13.0 Å². The van der Waals surface area contributed by atoms with Crippen LogP contribution in [0.5, 0.6) is 5.75 Å². The van der Waals surface area contributed by atoms with Gasteiger partial charge >= 0.3 is 5.97 Å². The third-order valence-corrected chi connectivity index (χ3v) is 3.10. The van der Waals surface area contributed by atoms with Crippen LogP contribution in [0.15, 0.2) is 30.0 Å². The first-order valence-corrected chi connectivity index (χ1v) is 6.61. The number of para-hydroxylation sites is 1. The first-order valence-electron chi connectivity index (χ1n) is 6.61. The Morgan fingerprint density at radius 1 is 1.37 bits per heavy atom. The van der Waals surface area contributed by atoms with Crippen LogP contribution in [0.1, 0.15) is 38.8 Å². The SMILES string of the molecule is CCOC(=O)C1=CCc2cccc(C(C)(C)C)c2O1. The zero-order chi connectivity index (χ0) is 14.0. The van der Waals surface area contributed by atoms with Crippen molar-refractivity contribution in [1.82, 2.24) is 0 Å². The smallest absolute Gasteiger partial charge is 0.373 e. The molecule has 0 radical (unpaired) electrons. The molecule has 1 aliphatic heterocycles. The van der Waals surface area contributed by atoms with E-state index in [2.05, 4.69) is 20.8 Å². The van der Waals surface area contributed by atoms with Gasteiger partial charge in [-0.2, -0.15) is 0 Å². The molecule has 0 unspecified atom stereocenters. The van der Waals surface area contributed by atoms with Crippen molar-refractivity contribution in [3.8, 4) is 5.75 Å². The molecule has 0 aliphatic carbocycles. The van der Waals surface area contributed by atoms with E-state index in [1.165, 1.54) is 0 Å². The summed E-state index contributed by atoms with van der Waals surface area (Å²) in [5.41, 5.74) is 2.20. The van der Waals surface area contributed by atoms with Crippen LogP contribution < -0.4 is 4.74 Å². The van der Waals surface area contributed by atoms with Crippen LogP contribution in [0.25, 0.3) is 0 Å². The second-order valence-electron chi connectivity index (χ2n) is 5.64. The summed E-state index contributed by atoms with van der Waals surface area (Å²) in [6.07, 6.45) is 2.49. The van der Waals surface area contributed by atoms with E-state index >= 15 is 0 Å². The lowest BCUT2D eigenvalue weighted by Gasteiger charge is -2.26. The molecule has 1 aliphatic rings. The van der Waals surface area contributed by atoms with E-state index in [0.29, 0.717) is 18.8 Å². The zero-order valence-electron chi connectivity index (χ0n) is 11.9. The molecular weight excluding hydrogens is 240 g/mol. The van der Waals surface area contributed by atoms with Gasteiger partial charge in [0.05, 0.1) is 6.61 Å². The summed E-state index contributed by atoms with van der Waals surface area (Å²) >= 11 is 0. The van der Waals surface area contributed by atoms with Crippen LogP contribution in [0.4, 0.5) is 0 Å². The lowest BCUT2D eigenvalue weighted by Crippen LogP contribution is -2.20. The molecule has 0 aromatic heterocycles. The maximum atomic E-state index is 11.8. The van der Waals surface area contributed by atoms with Crippen molar-refractivity contribution in [2.75, 3.05) is 6.61 Å². The first-order chi connectivity index (χ1) is 8.93. The van der Waals surface area contributed by atoms with Gasteiger partial charge < -0.3 is 9.47 Å². The Bertz CT molecular complexity index is 521. The number of esters is 1. The molecule has 1 aromatic carbocycles. The van der Waals surface area contributed by atoms with Crippen molar-refractivity contribution in [2.24, 2.45) is 0 Å². The Morgan fingerprint density at radius 3 is 2.74 bits per heavy atom. The predicted octanol–water partition coefficient (Wildman–Crippen LogP) is 3.37. The molecule has 102 valence electrons. The van der Waals surface area contributed by atoms with Crippen molar-refractivity contribution < 1.29 is 14.3 Å². The third-order valence-electron chi connectivity index (χ3n) is 3.10. The lowest BCUT2D eigenvalue weighted by molar-refractivity contribution is -0.141. The molecule has 0 spiro atoms. The van der Waals surface area contributed by atoms with E-state index in [0.717, 1.165) is 16.9 Å². The highest BCUT2D eigenvalue weighted by Crippen LogP contribution is 2.37. The maximum Gasteiger partial charge on any atom is 0.373 e. The number of hydrogen-bond acceptors (Lipinski definition) is 3. The van der Waals surface area contributed by atoms with E-state index in [4.69, 9.17) is 9.47 Å². The molecule has 0 fully saturated rings. The van der Waals surface area contributed by atoms with Gasteiger partial charge in [0.15, 0.2) is 0 Å². The largest absolute Gasteiger partial charge is 0.460 e. The Labute approximate surface area is 114 Å². The van der Waals surface area contributed by atoms with Gasteiger partial charge in [-0.15, -0.1) is 0 Å². The van der Waals surface area contributed by atoms with Gasteiger partial charge in [0.1, 0.15) is 5.75 Å². The number of carbonyl (C=O) groups excluding carboxylic acids is 1.